The fraction of sp³-hybridized carbons (Fsp3) is 1.00. The van der Waals surface area contributed by atoms with Crippen LogP contribution in [0.15, 0.2) is 0 Å². The summed E-state index contributed by atoms with van der Waals surface area (Å²) < 4.78 is 9.32. The Labute approximate surface area is 149 Å². The summed E-state index contributed by atoms with van der Waals surface area (Å²) in [6.07, 6.45) is 19.8. The first-order chi connectivity index (χ1) is 10.8. The fourth-order valence-electron chi connectivity index (χ4n) is 2.84. The molecule has 0 aliphatic carbocycles. The van der Waals surface area contributed by atoms with Crippen LogP contribution in [0.2, 0.25) is 8.87 Å². The number of hydrogen-bond acceptors (Lipinski definition) is 1. The predicted octanol–water partition coefficient (Wildman–Crippen LogP) is 7.52. The van der Waals surface area contributed by atoms with Crippen molar-refractivity contribution in [2.45, 2.75) is 120 Å². The van der Waals surface area contributed by atoms with Crippen LogP contribution in [-0.2, 0) is 3.07 Å². The molecule has 22 heavy (non-hydrogen) atoms. The average Bonchev–Trinajstić information content (AvgIpc) is 2.53. The van der Waals surface area contributed by atoms with Crippen molar-refractivity contribution in [2.75, 3.05) is 6.61 Å². The first-order valence-corrected chi connectivity index (χ1v) is 15.5. The third-order valence-electron chi connectivity index (χ3n) is 4.42. The molecule has 0 spiro atoms. The normalized spacial score (nSPS) is 11.5. The quantitative estimate of drug-likeness (QED) is 0.165. The summed E-state index contributed by atoms with van der Waals surface area (Å²) in [6.45, 7) is 7.94. The molecule has 0 aromatic heterocycles. The monoisotopic (exact) mass is 419 g/mol. The van der Waals surface area contributed by atoms with E-state index in [2.05, 4.69) is 20.8 Å². The predicted molar refractivity (Wildman–Crippen MR) is 103 cm³/mol. The van der Waals surface area contributed by atoms with E-state index in [9.17, 15) is 0 Å². The molecule has 0 saturated carbocycles. The van der Waals surface area contributed by atoms with Gasteiger partial charge in [0.25, 0.3) is 0 Å². The Kier molecular flexibility index (Phi) is 20.5. The van der Waals surface area contributed by atoms with Gasteiger partial charge in [0.05, 0.1) is 0 Å². The Hall–Kier alpha value is 0.759. The zero-order valence-electron chi connectivity index (χ0n) is 15.9. The second kappa shape index (κ2) is 19.8. The third kappa shape index (κ3) is 17.1. The molecular formula is C20H43OSn. The maximum atomic E-state index is 6.33. The van der Waals surface area contributed by atoms with Crippen LogP contribution in [0.3, 0.4) is 0 Å². The molecule has 0 N–H and O–H groups in total. The summed E-state index contributed by atoms with van der Waals surface area (Å²) in [5, 5.41) is 0. The summed E-state index contributed by atoms with van der Waals surface area (Å²) in [5.74, 6) is 0. The third-order valence-corrected chi connectivity index (χ3v) is 11.4. The zero-order chi connectivity index (χ0) is 16.3. The molecule has 1 nitrogen and oxygen atoms in total. The molecule has 1 radical (unpaired) electrons. The molecule has 0 rings (SSSR count). The van der Waals surface area contributed by atoms with Gasteiger partial charge in [-0.2, -0.15) is 0 Å². The summed E-state index contributed by atoms with van der Waals surface area (Å²) in [5.41, 5.74) is 0. The van der Waals surface area contributed by atoms with Crippen LogP contribution in [-0.4, -0.2) is 26.8 Å². The average molecular weight is 418 g/mol. The topological polar surface area (TPSA) is 9.23 Å². The van der Waals surface area contributed by atoms with Gasteiger partial charge in [0.1, 0.15) is 0 Å². The Bertz CT molecular complexity index is 180. The Morgan fingerprint density at radius 1 is 0.500 bits per heavy atom. The first kappa shape index (κ1) is 22.8. The van der Waals surface area contributed by atoms with Gasteiger partial charge in [-0.05, 0) is 0 Å². The van der Waals surface area contributed by atoms with Crippen LogP contribution >= 0.6 is 0 Å². The summed E-state index contributed by atoms with van der Waals surface area (Å²) in [4.78, 5) is 0. The van der Waals surface area contributed by atoms with Gasteiger partial charge in [-0.3, -0.25) is 0 Å². The molecule has 0 aliphatic rings. The fourth-order valence-corrected chi connectivity index (χ4v) is 9.29. The molecule has 2 heteroatoms. The Balaban J connectivity index is 3.65. The molecule has 0 saturated heterocycles. The van der Waals surface area contributed by atoms with Crippen LogP contribution in [0.25, 0.3) is 0 Å². The molecule has 0 bridgehead atoms. The number of hydrogen-bond donors (Lipinski definition) is 0. The minimum absolute atomic E-state index is 1.07. The van der Waals surface area contributed by atoms with Crippen molar-refractivity contribution in [1.82, 2.24) is 0 Å². The van der Waals surface area contributed by atoms with Gasteiger partial charge in [0, 0.05) is 0 Å². The number of unbranched alkanes of at least 4 members (excludes halogenated alkanes) is 11. The Morgan fingerprint density at radius 3 is 1.36 bits per heavy atom. The van der Waals surface area contributed by atoms with Gasteiger partial charge in [0.2, 0.25) is 0 Å². The van der Waals surface area contributed by atoms with E-state index in [4.69, 9.17) is 3.07 Å². The second-order valence-corrected chi connectivity index (χ2v) is 13.5. The molecule has 0 aromatic rings. The zero-order valence-corrected chi connectivity index (χ0v) is 18.8. The van der Waals surface area contributed by atoms with E-state index < -0.39 is 20.2 Å². The Morgan fingerprint density at radius 2 is 0.909 bits per heavy atom. The van der Waals surface area contributed by atoms with E-state index >= 15 is 0 Å². The molecule has 0 aliphatic heterocycles. The molecule has 0 aromatic carbocycles. The van der Waals surface area contributed by atoms with Crippen molar-refractivity contribution in [3.05, 3.63) is 0 Å². The van der Waals surface area contributed by atoms with E-state index in [1.807, 2.05) is 0 Å². The summed E-state index contributed by atoms with van der Waals surface area (Å²) in [7, 11) is 0. The summed E-state index contributed by atoms with van der Waals surface area (Å²) in [6, 6.07) is 0. The molecule has 0 atom stereocenters. The van der Waals surface area contributed by atoms with Crippen molar-refractivity contribution >= 4 is 20.2 Å². The van der Waals surface area contributed by atoms with Gasteiger partial charge in [-0.25, -0.2) is 0 Å². The van der Waals surface area contributed by atoms with Crippen molar-refractivity contribution in [3.8, 4) is 0 Å². The van der Waals surface area contributed by atoms with E-state index in [1.54, 1.807) is 0 Å². The van der Waals surface area contributed by atoms with Gasteiger partial charge in [-0.15, -0.1) is 0 Å². The molecule has 133 valence electrons. The van der Waals surface area contributed by atoms with Crippen LogP contribution in [0.4, 0.5) is 0 Å². The van der Waals surface area contributed by atoms with Gasteiger partial charge in [0.15, 0.2) is 0 Å². The first-order valence-electron chi connectivity index (χ1n) is 10.3. The summed E-state index contributed by atoms with van der Waals surface area (Å²) >= 11 is -1.48. The van der Waals surface area contributed by atoms with Crippen LogP contribution in [0.5, 0.6) is 0 Å². The van der Waals surface area contributed by atoms with E-state index in [0.29, 0.717) is 0 Å². The van der Waals surface area contributed by atoms with E-state index in [-0.39, 0.29) is 0 Å². The standard InChI is InChI=1S/2C8H17.C4H9O.Sn/c2*1-3-5-7-8-6-4-2;1-2-3-4-5;/h2*1,3-8H2,2H3;2-4H2,1H3;/q;;-1;+1. The maximum absolute atomic E-state index is 6.33. The SMILES string of the molecule is CCCCCCC[CH2][Sn]([CH2]CCCCCCC)[O]CCCC. The van der Waals surface area contributed by atoms with Gasteiger partial charge >= 0.3 is 149 Å². The molecule has 0 unspecified atom stereocenters. The van der Waals surface area contributed by atoms with Crippen molar-refractivity contribution < 1.29 is 3.07 Å². The van der Waals surface area contributed by atoms with Crippen molar-refractivity contribution in [3.63, 3.8) is 0 Å². The van der Waals surface area contributed by atoms with Crippen LogP contribution in [0.1, 0.15) is 111 Å². The second-order valence-electron chi connectivity index (χ2n) is 6.78. The molecule has 0 heterocycles. The molecule has 0 amide bonds. The van der Waals surface area contributed by atoms with Crippen molar-refractivity contribution in [2.24, 2.45) is 0 Å². The van der Waals surface area contributed by atoms with Gasteiger partial charge in [-0.1, -0.05) is 0 Å². The van der Waals surface area contributed by atoms with E-state index in [1.165, 1.54) is 98.8 Å². The minimum atomic E-state index is -1.48. The van der Waals surface area contributed by atoms with E-state index in [0.717, 1.165) is 6.61 Å². The van der Waals surface area contributed by atoms with Crippen molar-refractivity contribution in [1.29, 1.82) is 0 Å². The van der Waals surface area contributed by atoms with Crippen LogP contribution in [0, 0.1) is 0 Å². The van der Waals surface area contributed by atoms with Gasteiger partial charge < -0.3 is 0 Å². The van der Waals surface area contributed by atoms with Crippen LogP contribution < -0.4 is 0 Å². The molecular weight excluding hydrogens is 375 g/mol. The molecule has 0 fully saturated rings. The number of rotatable bonds is 18.